The SMILES string of the molecule is COCCN=C(C)/C(=C\N)c1ccc(-c2cnc(C(=O)Nc3ccc(C(=O)N4CCN(C(=O)C5CC[N+](C)(C)C5)CC4)c(Cl)c3)n2C)c(Cl)c1F. The van der Waals surface area contributed by atoms with E-state index >= 15 is 4.39 Å². The van der Waals surface area contributed by atoms with Crippen LogP contribution in [0, 0.1) is 11.7 Å². The van der Waals surface area contributed by atoms with E-state index in [1.54, 1.807) is 50.2 Å². The zero-order chi connectivity index (χ0) is 37.0. The van der Waals surface area contributed by atoms with E-state index < -0.39 is 11.7 Å². The summed E-state index contributed by atoms with van der Waals surface area (Å²) in [6.45, 7) is 6.12. The predicted molar refractivity (Wildman–Crippen MR) is 197 cm³/mol. The number of halogens is 3. The van der Waals surface area contributed by atoms with Gasteiger partial charge in [-0.05, 0) is 25.1 Å². The highest BCUT2D eigenvalue weighted by Crippen LogP contribution is 2.35. The number of benzene rings is 2. The van der Waals surface area contributed by atoms with Crippen molar-refractivity contribution in [2.45, 2.75) is 13.3 Å². The second-order valence-electron chi connectivity index (χ2n) is 13.4. The number of quaternary nitrogens is 1. The van der Waals surface area contributed by atoms with Crippen LogP contribution in [0.25, 0.3) is 16.8 Å². The van der Waals surface area contributed by atoms with Crippen molar-refractivity contribution in [2.75, 3.05) is 78.9 Å². The number of aromatic nitrogens is 2. The second-order valence-corrected chi connectivity index (χ2v) is 14.2. The van der Waals surface area contributed by atoms with Gasteiger partial charge in [-0.15, -0.1) is 0 Å². The van der Waals surface area contributed by atoms with E-state index in [1.807, 2.05) is 4.90 Å². The van der Waals surface area contributed by atoms with Crippen LogP contribution in [-0.4, -0.2) is 121 Å². The number of carbonyl (C=O) groups excluding carboxylic acids is 3. The Balaban J connectivity index is 1.23. The maximum Gasteiger partial charge on any atom is 0.291 e. The molecule has 2 aliphatic rings. The standard InChI is InChI=1S/C36H43Cl2FN8O4/c1-22(41-11-17-51-5)28(19-40)25-8-9-27(31(38)32(25)39)30-20-42-33(44(30)2)34(48)43-24-6-7-26(29(37)18-24)36(50)46-14-12-45(13-15-46)35(49)23-10-16-47(3,4)21-23/h6-9,18-20,23H,10-17,21H2,1-5H3,(H2-,40,41,43,48,50)/p+1. The lowest BCUT2D eigenvalue weighted by Gasteiger charge is -2.36. The number of anilines is 1. The minimum atomic E-state index is -0.688. The molecular formula is C36H44Cl2FN8O4+. The number of piperazine rings is 1. The van der Waals surface area contributed by atoms with Crippen molar-refractivity contribution in [1.29, 1.82) is 0 Å². The summed E-state index contributed by atoms with van der Waals surface area (Å²) >= 11 is 13.1. The average molecular weight is 743 g/mol. The van der Waals surface area contributed by atoms with Crippen LogP contribution in [0.3, 0.4) is 0 Å². The zero-order valence-corrected chi connectivity index (χ0v) is 31.0. The third-order valence-electron chi connectivity index (χ3n) is 9.52. The molecule has 0 aliphatic carbocycles. The lowest BCUT2D eigenvalue weighted by Crippen LogP contribution is -2.52. The first-order chi connectivity index (χ1) is 24.3. The van der Waals surface area contributed by atoms with Crippen molar-refractivity contribution in [2.24, 2.45) is 23.7 Å². The number of likely N-dealkylation sites (tertiary alicyclic amines) is 1. The molecule has 12 nitrogen and oxygen atoms in total. The molecule has 0 spiro atoms. The van der Waals surface area contributed by atoms with Crippen LogP contribution in [0.1, 0.15) is 39.9 Å². The summed E-state index contributed by atoms with van der Waals surface area (Å²) in [4.78, 5) is 51.9. The third kappa shape index (κ3) is 8.27. The third-order valence-corrected chi connectivity index (χ3v) is 10.2. The first kappa shape index (κ1) is 37.9. The van der Waals surface area contributed by atoms with Gasteiger partial charge in [-0.2, -0.15) is 0 Å². The fourth-order valence-corrected chi connectivity index (χ4v) is 7.14. The Kier molecular flexibility index (Phi) is 11.9. The number of allylic oxidation sites excluding steroid dienone is 1. The van der Waals surface area contributed by atoms with E-state index in [-0.39, 0.29) is 39.2 Å². The minimum Gasteiger partial charge on any atom is -0.404 e. The molecule has 2 aliphatic heterocycles. The monoisotopic (exact) mass is 741 g/mol. The normalized spacial score (nSPS) is 17.9. The van der Waals surface area contributed by atoms with Gasteiger partial charge in [-0.25, -0.2) is 9.37 Å². The Bertz CT molecular complexity index is 1880. The highest BCUT2D eigenvalue weighted by molar-refractivity contribution is 6.34. The van der Waals surface area contributed by atoms with Crippen molar-refractivity contribution in [3.8, 4) is 11.3 Å². The van der Waals surface area contributed by atoms with Gasteiger partial charge in [-0.1, -0.05) is 35.3 Å². The summed E-state index contributed by atoms with van der Waals surface area (Å²) in [7, 11) is 7.47. The summed E-state index contributed by atoms with van der Waals surface area (Å²) in [5.74, 6) is -1.24. The number of nitrogens with one attached hydrogen (secondary N) is 1. The van der Waals surface area contributed by atoms with E-state index in [0.29, 0.717) is 73.1 Å². The maximum absolute atomic E-state index is 15.6. The van der Waals surface area contributed by atoms with Crippen LogP contribution in [0.2, 0.25) is 10.0 Å². The number of carbonyl (C=O) groups is 3. The molecule has 2 saturated heterocycles. The molecular weight excluding hydrogens is 698 g/mol. The molecule has 15 heteroatoms. The van der Waals surface area contributed by atoms with Gasteiger partial charge in [0.2, 0.25) is 5.91 Å². The van der Waals surface area contributed by atoms with Crippen LogP contribution in [0.15, 0.2) is 47.7 Å². The number of aliphatic imine (C=N–C) groups is 1. The molecule has 1 aromatic heterocycles. The quantitative estimate of drug-likeness (QED) is 0.178. The average Bonchev–Trinajstić information content (AvgIpc) is 3.67. The lowest BCUT2D eigenvalue weighted by atomic mass is 9.99. The molecule has 3 aromatic rings. The van der Waals surface area contributed by atoms with Crippen molar-refractivity contribution in [3.05, 3.63) is 75.5 Å². The van der Waals surface area contributed by atoms with Gasteiger partial charge in [0.25, 0.3) is 11.8 Å². The fourth-order valence-electron chi connectivity index (χ4n) is 6.62. The Hall–Kier alpha value is -4.30. The molecule has 5 rings (SSSR count). The number of methoxy groups -OCH3 is 1. The van der Waals surface area contributed by atoms with Gasteiger partial charge in [0.05, 0.1) is 73.8 Å². The van der Waals surface area contributed by atoms with Crippen molar-refractivity contribution in [3.63, 3.8) is 0 Å². The largest absolute Gasteiger partial charge is 0.404 e. The number of imidazole rings is 1. The van der Waals surface area contributed by atoms with Crippen LogP contribution in [0.4, 0.5) is 10.1 Å². The molecule has 272 valence electrons. The molecule has 3 N–H and O–H groups in total. The number of hydrogen-bond donors (Lipinski definition) is 2. The molecule has 1 atom stereocenters. The summed E-state index contributed by atoms with van der Waals surface area (Å²) < 4.78 is 23.0. The van der Waals surface area contributed by atoms with E-state index in [2.05, 4.69) is 29.4 Å². The maximum atomic E-state index is 15.6. The zero-order valence-electron chi connectivity index (χ0n) is 29.5. The number of hydrogen-bond acceptors (Lipinski definition) is 7. The molecule has 3 amide bonds. The number of nitrogens with two attached hydrogens (primary N) is 1. The van der Waals surface area contributed by atoms with Crippen molar-refractivity contribution < 1.29 is 28.0 Å². The number of nitrogens with zero attached hydrogens (tertiary/aromatic N) is 6. The number of ether oxygens (including phenoxy) is 1. The van der Waals surface area contributed by atoms with Crippen molar-refractivity contribution in [1.82, 2.24) is 19.4 Å². The molecule has 2 aromatic carbocycles. The molecule has 0 bridgehead atoms. The van der Waals surface area contributed by atoms with E-state index in [4.69, 9.17) is 33.7 Å². The Morgan fingerprint density at radius 1 is 1.12 bits per heavy atom. The number of amides is 3. The minimum absolute atomic E-state index is 0.0264. The summed E-state index contributed by atoms with van der Waals surface area (Å²) in [5, 5.41) is 2.78. The molecule has 2 fully saturated rings. The summed E-state index contributed by atoms with van der Waals surface area (Å²) in [5.41, 5.74) is 8.33. The van der Waals surface area contributed by atoms with Crippen LogP contribution < -0.4 is 11.1 Å². The van der Waals surface area contributed by atoms with Gasteiger partial charge >= 0.3 is 0 Å². The highest BCUT2D eigenvalue weighted by atomic mass is 35.5. The smallest absolute Gasteiger partial charge is 0.291 e. The lowest BCUT2D eigenvalue weighted by molar-refractivity contribution is -0.878. The van der Waals surface area contributed by atoms with Gasteiger partial charge in [0.15, 0.2) is 5.82 Å². The highest BCUT2D eigenvalue weighted by Gasteiger charge is 2.38. The van der Waals surface area contributed by atoms with E-state index in [9.17, 15) is 14.4 Å². The summed E-state index contributed by atoms with van der Waals surface area (Å²) in [6, 6.07) is 7.85. The van der Waals surface area contributed by atoms with Gasteiger partial charge in [0.1, 0.15) is 5.82 Å². The van der Waals surface area contributed by atoms with Crippen LogP contribution in [-0.2, 0) is 16.6 Å². The Morgan fingerprint density at radius 3 is 2.43 bits per heavy atom. The first-order valence-electron chi connectivity index (χ1n) is 16.7. The molecule has 1 unspecified atom stereocenters. The Morgan fingerprint density at radius 2 is 1.80 bits per heavy atom. The van der Waals surface area contributed by atoms with Gasteiger partial charge in [-0.3, -0.25) is 19.4 Å². The number of rotatable bonds is 10. The van der Waals surface area contributed by atoms with Crippen LogP contribution >= 0.6 is 23.2 Å². The van der Waals surface area contributed by atoms with Crippen molar-refractivity contribution >= 4 is 57.9 Å². The first-order valence-corrected chi connectivity index (χ1v) is 17.5. The van der Waals surface area contributed by atoms with E-state index in [0.717, 1.165) is 24.0 Å². The second kappa shape index (κ2) is 15.9. The molecule has 0 saturated carbocycles. The molecule has 3 heterocycles. The Labute approximate surface area is 307 Å². The van der Waals surface area contributed by atoms with Crippen LogP contribution in [0.5, 0.6) is 0 Å². The van der Waals surface area contributed by atoms with Gasteiger partial charge in [0, 0.05) is 81.1 Å². The fraction of sp³-hybridized carbons (Fsp3) is 0.417. The molecule has 0 radical (unpaired) electrons. The summed E-state index contributed by atoms with van der Waals surface area (Å²) in [6.07, 6.45) is 3.60. The van der Waals surface area contributed by atoms with E-state index in [1.165, 1.54) is 23.0 Å². The topological polar surface area (TPSA) is 135 Å². The van der Waals surface area contributed by atoms with Gasteiger partial charge < -0.3 is 34.6 Å². The predicted octanol–water partition coefficient (Wildman–Crippen LogP) is 4.57. The molecule has 51 heavy (non-hydrogen) atoms.